The smallest absolute Gasteiger partial charge is 0.330 e. The van der Waals surface area contributed by atoms with E-state index in [0.717, 1.165) is 5.06 Å². The fourth-order valence-electron chi connectivity index (χ4n) is 1.00. The van der Waals surface area contributed by atoms with Gasteiger partial charge in [0.1, 0.15) is 0 Å². The first kappa shape index (κ1) is 11.5. The molecule has 0 spiro atoms. The topological polar surface area (TPSA) is 46.6 Å². The second-order valence-corrected chi connectivity index (χ2v) is 3.31. The Kier molecular flexibility index (Phi) is 3.68. The Morgan fingerprint density at radius 2 is 1.73 bits per heavy atom. The molecule has 0 N–H and O–H groups in total. The van der Waals surface area contributed by atoms with Crippen molar-refractivity contribution in [3.63, 3.8) is 0 Å². The zero-order valence-corrected chi connectivity index (χ0v) is 9.12. The van der Waals surface area contributed by atoms with E-state index in [9.17, 15) is 9.59 Å². The molecule has 1 amide bonds. The lowest BCUT2D eigenvalue weighted by Gasteiger charge is -2.18. The summed E-state index contributed by atoms with van der Waals surface area (Å²) in [5, 5.41) is 1.46. The molecule has 1 aromatic carbocycles. The van der Waals surface area contributed by atoms with Crippen molar-refractivity contribution in [2.24, 2.45) is 0 Å². The van der Waals surface area contributed by atoms with Gasteiger partial charge in [-0.15, -0.1) is 5.06 Å². The molecule has 0 unspecified atom stereocenters. The minimum atomic E-state index is -0.555. The highest BCUT2D eigenvalue weighted by Gasteiger charge is 2.14. The zero-order chi connectivity index (χ0) is 11.4. The first-order chi connectivity index (χ1) is 7.00. The van der Waals surface area contributed by atoms with Gasteiger partial charge in [-0.3, -0.25) is 4.79 Å². The SMILES string of the molecule is CC(=O)ON(C(C)=O)c1ccc(Cl)cc1. The number of rotatable bonds is 1. The summed E-state index contributed by atoms with van der Waals surface area (Å²) in [6.45, 7) is 2.53. The van der Waals surface area contributed by atoms with Crippen LogP contribution in [0, 0.1) is 0 Å². The molecule has 0 aromatic heterocycles. The van der Waals surface area contributed by atoms with Crippen LogP contribution in [-0.4, -0.2) is 11.9 Å². The van der Waals surface area contributed by atoms with Crippen LogP contribution in [0.3, 0.4) is 0 Å². The van der Waals surface area contributed by atoms with Crippen LogP contribution in [0.4, 0.5) is 5.69 Å². The largest absolute Gasteiger partial charge is 0.334 e. The van der Waals surface area contributed by atoms with E-state index in [1.807, 2.05) is 0 Å². The van der Waals surface area contributed by atoms with Gasteiger partial charge in [0.15, 0.2) is 0 Å². The van der Waals surface area contributed by atoms with E-state index in [-0.39, 0.29) is 5.91 Å². The number of carbonyl (C=O) groups is 2. The Bertz CT molecular complexity index is 375. The summed E-state index contributed by atoms with van der Waals surface area (Å²) in [5.74, 6) is -0.937. The Morgan fingerprint density at radius 1 is 1.20 bits per heavy atom. The first-order valence-corrected chi connectivity index (χ1v) is 4.63. The standard InChI is InChI=1S/C10H10ClNO3/c1-7(13)12(15-8(2)14)10-5-3-9(11)4-6-10/h3-6H,1-2H3. The second kappa shape index (κ2) is 4.79. The van der Waals surface area contributed by atoms with Crippen molar-refractivity contribution in [2.75, 3.05) is 5.06 Å². The van der Waals surface area contributed by atoms with E-state index in [4.69, 9.17) is 16.4 Å². The maximum atomic E-state index is 11.2. The molecule has 0 atom stereocenters. The molecule has 0 aliphatic carbocycles. The highest BCUT2D eigenvalue weighted by Crippen LogP contribution is 2.18. The number of halogens is 1. The summed E-state index contributed by atoms with van der Waals surface area (Å²) < 4.78 is 0. The highest BCUT2D eigenvalue weighted by molar-refractivity contribution is 6.30. The van der Waals surface area contributed by atoms with Gasteiger partial charge in [0.05, 0.1) is 5.69 Å². The normalized spacial score (nSPS) is 9.53. The third-order valence-corrected chi connectivity index (χ3v) is 1.82. The van der Waals surface area contributed by atoms with Crippen LogP contribution in [0.25, 0.3) is 0 Å². The van der Waals surface area contributed by atoms with Crippen molar-refractivity contribution in [1.82, 2.24) is 0 Å². The van der Waals surface area contributed by atoms with Crippen LogP contribution in [0.1, 0.15) is 13.8 Å². The summed E-state index contributed by atoms with van der Waals surface area (Å²) in [7, 11) is 0. The van der Waals surface area contributed by atoms with Gasteiger partial charge in [-0.25, -0.2) is 4.79 Å². The van der Waals surface area contributed by atoms with E-state index >= 15 is 0 Å². The van der Waals surface area contributed by atoms with Gasteiger partial charge in [-0.1, -0.05) is 11.6 Å². The minimum Gasteiger partial charge on any atom is -0.334 e. The van der Waals surface area contributed by atoms with Gasteiger partial charge < -0.3 is 4.84 Å². The molecule has 1 aromatic rings. The van der Waals surface area contributed by atoms with Gasteiger partial charge in [-0.2, -0.15) is 0 Å². The number of anilines is 1. The monoisotopic (exact) mass is 227 g/mol. The summed E-state index contributed by atoms with van der Waals surface area (Å²) in [5.41, 5.74) is 0.460. The third kappa shape index (κ3) is 3.25. The molecule has 0 saturated carbocycles. The molecule has 1 rings (SSSR count). The van der Waals surface area contributed by atoms with Crippen molar-refractivity contribution in [2.45, 2.75) is 13.8 Å². The maximum Gasteiger partial charge on any atom is 0.330 e. The van der Waals surface area contributed by atoms with Crippen LogP contribution in [-0.2, 0) is 14.4 Å². The molecule has 0 radical (unpaired) electrons. The van der Waals surface area contributed by atoms with Crippen LogP contribution >= 0.6 is 11.6 Å². The molecule has 15 heavy (non-hydrogen) atoms. The minimum absolute atomic E-state index is 0.382. The predicted octanol–water partition coefficient (Wildman–Crippen LogP) is 2.17. The molecule has 0 aliphatic rings. The van der Waals surface area contributed by atoms with E-state index in [2.05, 4.69) is 0 Å². The lowest BCUT2D eigenvalue weighted by Crippen LogP contribution is -2.30. The van der Waals surface area contributed by atoms with Gasteiger partial charge in [-0.05, 0) is 24.3 Å². The highest BCUT2D eigenvalue weighted by atomic mass is 35.5. The fraction of sp³-hybridized carbons (Fsp3) is 0.200. The maximum absolute atomic E-state index is 11.2. The van der Waals surface area contributed by atoms with Crippen LogP contribution in [0.5, 0.6) is 0 Å². The van der Waals surface area contributed by atoms with E-state index in [1.165, 1.54) is 13.8 Å². The number of benzene rings is 1. The van der Waals surface area contributed by atoms with E-state index in [0.29, 0.717) is 10.7 Å². The Labute approximate surface area is 92.3 Å². The van der Waals surface area contributed by atoms with Crippen molar-refractivity contribution < 1.29 is 14.4 Å². The number of hydrogen-bond acceptors (Lipinski definition) is 3. The molecule has 0 aliphatic heterocycles. The van der Waals surface area contributed by atoms with Crippen LogP contribution < -0.4 is 5.06 Å². The zero-order valence-electron chi connectivity index (χ0n) is 8.36. The number of hydrogen-bond donors (Lipinski definition) is 0. The molecular formula is C10H10ClNO3. The fourth-order valence-corrected chi connectivity index (χ4v) is 1.13. The van der Waals surface area contributed by atoms with Gasteiger partial charge in [0, 0.05) is 18.9 Å². The average Bonchev–Trinajstić information content (AvgIpc) is 2.15. The average molecular weight is 228 g/mol. The Morgan fingerprint density at radius 3 is 2.13 bits per heavy atom. The van der Waals surface area contributed by atoms with E-state index in [1.54, 1.807) is 24.3 Å². The van der Waals surface area contributed by atoms with E-state index < -0.39 is 5.97 Å². The Balaban J connectivity index is 2.94. The quantitative estimate of drug-likeness (QED) is 0.691. The molecule has 0 heterocycles. The molecule has 0 saturated heterocycles. The summed E-state index contributed by atoms with van der Waals surface area (Å²) in [6.07, 6.45) is 0. The van der Waals surface area contributed by atoms with Crippen molar-refractivity contribution in [1.29, 1.82) is 0 Å². The predicted molar refractivity (Wildman–Crippen MR) is 56.4 cm³/mol. The van der Waals surface area contributed by atoms with Crippen LogP contribution in [0.15, 0.2) is 24.3 Å². The van der Waals surface area contributed by atoms with Gasteiger partial charge >= 0.3 is 5.97 Å². The molecular weight excluding hydrogens is 218 g/mol. The summed E-state index contributed by atoms with van der Waals surface area (Å²) >= 11 is 5.69. The molecule has 5 heteroatoms. The number of nitrogens with zero attached hydrogens (tertiary/aromatic N) is 1. The van der Waals surface area contributed by atoms with Gasteiger partial charge in [0.25, 0.3) is 5.91 Å². The molecule has 4 nitrogen and oxygen atoms in total. The lowest BCUT2D eigenvalue weighted by atomic mass is 10.3. The number of amides is 1. The van der Waals surface area contributed by atoms with Crippen molar-refractivity contribution in [3.8, 4) is 0 Å². The number of hydroxylamine groups is 1. The van der Waals surface area contributed by atoms with Crippen molar-refractivity contribution >= 4 is 29.2 Å². The van der Waals surface area contributed by atoms with Crippen LogP contribution in [0.2, 0.25) is 5.02 Å². The lowest BCUT2D eigenvalue weighted by molar-refractivity contribution is -0.147. The first-order valence-electron chi connectivity index (χ1n) is 4.25. The molecule has 80 valence electrons. The number of carbonyl (C=O) groups excluding carboxylic acids is 2. The molecule has 0 bridgehead atoms. The third-order valence-electron chi connectivity index (χ3n) is 1.57. The molecule has 0 fully saturated rings. The second-order valence-electron chi connectivity index (χ2n) is 2.87. The van der Waals surface area contributed by atoms with Crippen molar-refractivity contribution in [3.05, 3.63) is 29.3 Å². The van der Waals surface area contributed by atoms with Gasteiger partial charge in [0.2, 0.25) is 0 Å². The Hall–Kier alpha value is -1.55. The summed E-state index contributed by atoms with van der Waals surface area (Å²) in [4.78, 5) is 26.7. The summed E-state index contributed by atoms with van der Waals surface area (Å²) in [6, 6.07) is 6.39.